The molecular weight excluding hydrogens is 346 g/mol. The second-order valence-electron chi connectivity index (χ2n) is 6.39. The van der Waals surface area contributed by atoms with Crippen LogP contribution >= 0.6 is 22.9 Å². The number of nitrogens with zero attached hydrogens (tertiary/aromatic N) is 1. The molecule has 2 aliphatic rings. The van der Waals surface area contributed by atoms with E-state index in [1.807, 2.05) is 18.2 Å². The first-order valence-corrected chi connectivity index (χ1v) is 9.24. The molecule has 7 heteroatoms. The van der Waals surface area contributed by atoms with Crippen molar-refractivity contribution in [1.29, 1.82) is 0 Å². The molecule has 2 N–H and O–H groups in total. The minimum absolute atomic E-state index is 0.00351. The van der Waals surface area contributed by atoms with Gasteiger partial charge in [-0.05, 0) is 19.4 Å². The SMILES string of the molecule is C[C@@H]1NC(=O)[C@@H]2C[C@H](NCc3sc4ccccc4c3Cl)CN2C1=O. The number of carbonyl (C=O) groups excluding carboxylic acids is 2. The fraction of sp³-hybridized carbons (Fsp3) is 0.412. The summed E-state index contributed by atoms with van der Waals surface area (Å²) >= 11 is 8.15. The largest absolute Gasteiger partial charge is 0.343 e. The Balaban J connectivity index is 1.46. The maximum absolute atomic E-state index is 12.2. The molecule has 0 unspecified atom stereocenters. The molecule has 0 aliphatic carbocycles. The first kappa shape index (κ1) is 15.9. The Hall–Kier alpha value is -1.63. The van der Waals surface area contributed by atoms with Gasteiger partial charge in [-0.2, -0.15) is 0 Å². The van der Waals surface area contributed by atoms with Crippen molar-refractivity contribution in [3.8, 4) is 0 Å². The summed E-state index contributed by atoms with van der Waals surface area (Å²) in [4.78, 5) is 27.1. The zero-order chi connectivity index (χ0) is 16.8. The smallest absolute Gasteiger partial charge is 0.245 e. The molecular formula is C17H18ClN3O2S. The monoisotopic (exact) mass is 363 g/mol. The van der Waals surface area contributed by atoms with Crippen molar-refractivity contribution in [1.82, 2.24) is 15.5 Å². The molecule has 2 aliphatic heterocycles. The molecule has 0 bridgehead atoms. The van der Waals surface area contributed by atoms with Gasteiger partial charge in [-0.25, -0.2) is 0 Å². The van der Waals surface area contributed by atoms with Crippen LogP contribution in [-0.4, -0.2) is 41.4 Å². The van der Waals surface area contributed by atoms with Gasteiger partial charge >= 0.3 is 0 Å². The summed E-state index contributed by atoms with van der Waals surface area (Å²) in [6, 6.07) is 7.42. The number of hydrogen-bond donors (Lipinski definition) is 2. The Bertz CT molecular complexity index is 821. The quantitative estimate of drug-likeness (QED) is 0.878. The Morgan fingerprint density at radius 3 is 2.96 bits per heavy atom. The van der Waals surface area contributed by atoms with Crippen LogP contribution in [0.5, 0.6) is 0 Å². The lowest BCUT2D eigenvalue weighted by Crippen LogP contribution is -2.60. The van der Waals surface area contributed by atoms with Crippen LogP contribution in [0, 0.1) is 0 Å². The third-order valence-electron chi connectivity index (χ3n) is 4.77. The molecule has 2 saturated heterocycles. The highest BCUT2D eigenvalue weighted by molar-refractivity contribution is 7.19. The number of nitrogens with one attached hydrogen (secondary N) is 2. The number of fused-ring (bicyclic) bond motifs is 2. The van der Waals surface area contributed by atoms with Crippen molar-refractivity contribution in [2.24, 2.45) is 0 Å². The van der Waals surface area contributed by atoms with Crippen molar-refractivity contribution < 1.29 is 9.59 Å². The van der Waals surface area contributed by atoms with Crippen LogP contribution in [0.3, 0.4) is 0 Å². The lowest BCUT2D eigenvalue weighted by molar-refractivity contribution is -0.146. The number of hydrogen-bond acceptors (Lipinski definition) is 4. The Morgan fingerprint density at radius 1 is 1.38 bits per heavy atom. The molecule has 5 nitrogen and oxygen atoms in total. The van der Waals surface area contributed by atoms with Gasteiger partial charge in [0.15, 0.2) is 0 Å². The van der Waals surface area contributed by atoms with Crippen molar-refractivity contribution in [3.05, 3.63) is 34.2 Å². The van der Waals surface area contributed by atoms with Crippen LogP contribution in [0.2, 0.25) is 5.02 Å². The second kappa shape index (κ2) is 6.02. The molecule has 2 aromatic rings. The molecule has 4 rings (SSSR count). The van der Waals surface area contributed by atoms with E-state index in [2.05, 4.69) is 16.7 Å². The van der Waals surface area contributed by atoms with Crippen LogP contribution in [0.4, 0.5) is 0 Å². The summed E-state index contributed by atoms with van der Waals surface area (Å²) in [6.45, 7) is 2.95. The average Bonchev–Trinajstić information content (AvgIpc) is 3.14. The predicted molar refractivity (Wildman–Crippen MR) is 95.2 cm³/mol. The van der Waals surface area contributed by atoms with E-state index in [0.29, 0.717) is 19.5 Å². The van der Waals surface area contributed by atoms with Gasteiger partial charge in [0.1, 0.15) is 12.1 Å². The molecule has 2 fully saturated rings. The average molecular weight is 364 g/mol. The van der Waals surface area contributed by atoms with Crippen molar-refractivity contribution >= 4 is 44.8 Å². The summed E-state index contributed by atoms with van der Waals surface area (Å²) in [6.07, 6.45) is 0.646. The summed E-state index contributed by atoms with van der Waals surface area (Å²) in [7, 11) is 0. The van der Waals surface area contributed by atoms with Crippen molar-refractivity contribution in [2.75, 3.05) is 6.54 Å². The fourth-order valence-corrected chi connectivity index (χ4v) is 4.96. The highest BCUT2D eigenvalue weighted by atomic mass is 35.5. The highest BCUT2D eigenvalue weighted by Gasteiger charge is 2.44. The van der Waals surface area contributed by atoms with E-state index in [4.69, 9.17) is 11.6 Å². The summed E-state index contributed by atoms with van der Waals surface area (Å²) in [5.74, 6) is -0.0462. The molecule has 1 aromatic carbocycles. The Kier molecular flexibility index (Phi) is 3.98. The van der Waals surface area contributed by atoms with Crippen LogP contribution in [0.25, 0.3) is 10.1 Å². The molecule has 0 saturated carbocycles. The van der Waals surface area contributed by atoms with Gasteiger partial charge in [0.2, 0.25) is 11.8 Å². The number of rotatable bonds is 3. The van der Waals surface area contributed by atoms with Gasteiger partial charge in [0.25, 0.3) is 0 Å². The molecule has 2 amide bonds. The Morgan fingerprint density at radius 2 is 2.17 bits per heavy atom. The zero-order valence-corrected chi connectivity index (χ0v) is 14.8. The van der Waals surface area contributed by atoms with Gasteiger partial charge in [-0.15, -0.1) is 11.3 Å². The number of benzene rings is 1. The molecule has 0 radical (unpaired) electrons. The molecule has 126 valence electrons. The maximum Gasteiger partial charge on any atom is 0.245 e. The summed E-state index contributed by atoms with van der Waals surface area (Å²) < 4.78 is 1.17. The lowest BCUT2D eigenvalue weighted by Gasteiger charge is -2.32. The fourth-order valence-electron chi connectivity index (χ4n) is 3.51. The standard InChI is InChI=1S/C17H18ClN3O2S/c1-9-17(23)21-8-10(6-12(21)16(22)20-9)19-7-14-15(18)11-4-2-3-5-13(11)24-14/h2-5,9-10,12,19H,6-8H2,1H3,(H,20,22)/t9-,10-,12-/m0/s1. The van der Waals surface area contributed by atoms with Gasteiger partial charge in [-0.3, -0.25) is 9.59 Å². The Labute approximate surface area is 149 Å². The number of thiophene rings is 1. The zero-order valence-electron chi connectivity index (χ0n) is 13.2. The van der Waals surface area contributed by atoms with Crippen LogP contribution in [-0.2, 0) is 16.1 Å². The molecule has 3 atom stereocenters. The molecule has 1 aromatic heterocycles. The number of halogens is 1. The predicted octanol–water partition coefficient (Wildman–Crippen LogP) is 2.13. The molecule has 24 heavy (non-hydrogen) atoms. The highest BCUT2D eigenvalue weighted by Crippen LogP contribution is 2.35. The van der Waals surface area contributed by atoms with Crippen LogP contribution in [0.15, 0.2) is 24.3 Å². The van der Waals surface area contributed by atoms with E-state index in [9.17, 15) is 9.59 Å². The first-order valence-electron chi connectivity index (χ1n) is 8.04. The van der Waals surface area contributed by atoms with E-state index in [1.165, 1.54) is 4.70 Å². The van der Waals surface area contributed by atoms with E-state index in [0.717, 1.165) is 15.3 Å². The first-order chi connectivity index (χ1) is 11.5. The van der Waals surface area contributed by atoms with E-state index < -0.39 is 6.04 Å². The van der Waals surface area contributed by atoms with E-state index in [1.54, 1.807) is 23.2 Å². The summed E-state index contributed by atoms with van der Waals surface area (Å²) in [5, 5.41) is 8.08. The number of amides is 2. The lowest BCUT2D eigenvalue weighted by atomic mass is 10.1. The topological polar surface area (TPSA) is 61.4 Å². The normalized spacial score (nSPS) is 26.8. The minimum atomic E-state index is -0.426. The van der Waals surface area contributed by atoms with Gasteiger partial charge in [-0.1, -0.05) is 29.8 Å². The van der Waals surface area contributed by atoms with E-state index >= 15 is 0 Å². The minimum Gasteiger partial charge on any atom is -0.343 e. The van der Waals surface area contributed by atoms with Gasteiger partial charge < -0.3 is 15.5 Å². The third kappa shape index (κ3) is 2.59. The summed E-state index contributed by atoms with van der Waals surface area (Å²) in [5.41, 5.74) is 0. The number of carbonyl (C=O) groups is 2. The van der Waals surface area contributed by atoms with Gasteiger partial charge in [0, 0.05) is 34.1 Å². The molecule has 0 spiro atoms. The third-order valence-corrected chi connectivity index (χ3v) is 6.48. The number of piperazine rings is 1. The van der Waals surface area contributed by atoms with Crippen LogP contribution < -0.4 is 10.6 Å². The van der Waals surface area contributed by atoms with E-state index in [-0.39, 0.29) is 23.9 Å². The maximum atomic E-state index is 12.2. The van der Waals surface area contributed by atoms with Crippen molar-refractivity contribution in [2.45, 2.75) is 38.0 Å². The molecule has 3 heterocycles. The van der Waals surface area contributed by atoms with Crippen LogP contribution in [0.1, 0.15) is 18.2 Å². The second-order valence-corrected chi connectivity index (χ2v) is 7.90. The van der Waals surface area contributed by atoms with Crippen molar-refractivity contribution in [3.63, 3.8) is 0 Å². The van der Waals surface area contributed by atoms with Gasteiger partial charge in [0.05, 0.1) is 5.02 Å².